The molecule has 188 valence electrons. The Kier molecular flexibility index (Phi) is 7.05. The minimum atomic E-state index is -0.613. The zero-order chi connectivity index (χ0) is 25.3. The summed E-state index contributed by atoms with van der Waals surface area (Å²) in [6, 6.07) is 7.89. The van der Waals surface area contributed by atoms with Crippen LogP contribution in [0, 0.1) is 16.7 Å². The molecule has 0 saturated carbocycles. The van der Waals surface area contributed by atoms with Crippen molar-refractivity contribution < 1.29 is 19.7 Å². The Balaban J connectivity index is 1.69. The fraction of sp³-hybridized carbons (Fsp3) is 0.593. The van der Waals surface area contributed by atoms with Crippen LogP contribution < -0.4 is 11.1 Å². The summed E-state index contributed by atoms with van der Waals surface area (Å²) in [6.07, 6.45) is 8.00. The molecule has 8 heteroatoms. The second-order valence-corrected chi connectivity index (χ2v) is 11.1. The zero-order valence-electron chi connectivity index (χ0n) is 20.6. The van der Waals surface area contributed by atoms with Crippen molar-refractivity contribution in [2.75, 3.05) is 25.1 Å². The Morgan fingerprint density at radius 1 is 1.23 bits per heavy atom. The largest absolute Gasteiger partial charge is 0.393 e. The molecule has 2 aliphatic heterocycles. The lowest BCUT2D eigenvalue weighted by molar-refractivity contribution is -0.177. The number of carbonyl (C=O) groups is 1. The second-order valence-electron chi connectivity index (χ2n) is 11.1. The summed E-state index contributed by atoms with van der Waals surface area (Å²) in [4.78, 5) is 16.4. The molecule has 1 amide bonds. The fourth-order valence-corrected chi connectivity index (χ4v) is 5.75. The minimum Gasteiger partial charge on any atom is -0.393 e. The third kappa shape index (κ3) is 5.27. The van der Waals surface area contributed by atoms with Gasteiger partial charge in [0.1, 0.15) is 6.54 Å². The number of aliphatic hydroxyl groups is 2. The number of ether oxygens (including phenoxy) is 1. The summed E-state index contributed by atoms with van der Waals surface area (Å²) in [6.45, 7) is 4.22. The summed E-state index contributed by atoms with van der Waals surface area (Å²) in [5.74, 6) is -0.637. The molecule has 2 bridgehead atoms. The van der Waals surface area contributed by atoms with Crippen molar-refractivity contribution in [3.05, 3.63) is 35.4 Å². The van der Waals surface area contributed by atoms with Gasteiger partial charge in [0.05, 0.1) is 30.5 Å². The van der Waals surface area contributed by atoms with Crippen LogP contribution in [-0.2, 0) is 9.53 Å². The van der Waals surface area contributed by atoms with Crippen LogP contribution >= 0.6 is 0 Å². The number of amidine groups is 1. The number of rotatable bonds is 6. The van der Waals surface area contributed by atoms with Gasteiger partial charge in [0.2, 0.25) is 0 Å². The average Bonchev–Trinajstić information content (AvgIpc) is 3.13. The van der Waals surface area contributed by atoms with Gasteiger partial charge in [-0.05, 0) is 79.5 Å². The molecule has 1 aromatic rings. The van der Waals surface area contributed by atoms with E-state index in [9.17, 15) is 15.0 Å². The molecule has 3 atom stereocenters. The lowest BCUT2D eigenvalue weighted by atomic mass is 9.75. The van der Waals surface area contributed by atoms with Crippen LogP contribution in [0.15, 0.2) is 29.3 Å². The first kappa shape index (κ1) is 25.4. The van der Waals surface area contributed by atoms with Crippen LogP contribution in [0.2, 0.25) is 0 Å². The summed E-state index contributed by atoms with van der Waals surface area (Å²) >= 11 is 0. The fourth-order valence-electron chi connectivity index (χ4n) is 5.75. The van der Waals surface area contributed by atoms with Gasteiger partial charge in [-0.2, -0.15) is 5.26 Å². The number of carbonyl (C=O) groups excluding carboxylic acids is 1. The predicted octanol–water partition coefficient (Wildman–Crippen LogP) is 3.25. The summed E-state index contributed by atoms with van der Waals surface area (Å²) in [7, 11) is 0. The van der Waals surface area contributed by atoms with Gasteiger partial charge in [0.15, 0.2) is 5.84 Å². The van der Waals surface area contributed by atoms with E-state index in [0.717, 1.165) is 43.2 Å². The quantitative estimate of drug-likeness (QED) is 0.280. The second kappa shape index (κ2) is 9.73. The van der Waals surface area contributed by atoms with Crippen molar-refractivity contribution in [2.45, 2.75) is 75.9 Å². The van der Waals surface area contributed by atoms with Gasteiger partial charge >= 0.3 is 0 Å². The molecule has 4 rings (SSSR count). The number of nitrogens with zero attached hydrogens (tertiary/aromatic N) is 2. The van der Waals surface area contributed by atoms with E-state index in [1.807, 2.05) is 18.2 Å². The summed E-state index contributed by atoms with van der Waals surface area (Å²) in [5, 5.41) is 31.8. The van der Waals surface area contributed by atoms with E-state index in [4.69, 9.17) is 15.7 Å². The Morgan fingerprint density at radius 3 is 2.49 bits per heavy atom. The standard InChI is InChI=1S/C27H36N4O4/c1-25(2)7-5-18(6-8-25)21-13-19(3-4-22(21)31-24(34)23(29)30-12-11-28)20-14-26(16-32)9-10-27(15-20,17-33)35-26/h3-5,13,20,32-33H,6-10,12,14-17H2,1-2H3,(H2,29,30)(H,31,34)/t20?,26-,27+. The van der Waals surface area contributed by atoms with Crippen LogP contribution in [0.3, 0.4) is 0 Å². The molecule has 2 heterocycles. The molecule has 5 N–H and O–H groups in total. The van der Waals surface area contributed by atoms with Gasteiger partial charge in [0, 0.05) is 11.3 Å². The first-order valence-electron chi connectivity index (χ1n) is 12.4. The Labute approximate surface area is 206 Å². The normalized spacial score (nSPS) is 29.9. The molecule has 1 aromatic carbocycles. The maximum atomic E-state index is 12.6. The van der Waals surface area contributed by atoms with Gasteiger partial charge in [-0.3, -0.25) is 4.79 Å². The Hall–Kier alpha value is -2.73. The van der Waals surface area contributed by atoms with E-state index in [1.54, 1.807) is 0 Å². The zero-order valence-corrected chi connectivity index (χ0v) is 20.6. The molecular weight excluding hydrogens is 444 g/mol. The number of allylic oxidation sites excluding steroid dienone is 2. The van der Waals surface area contributed by atoms with Crippen LogP contribution in [0.1, 0.15) is 75.8 Å². The molecule has 2 saturated heterocycles. The van der Waals surface area contributed by atoms with E-state index < -0.39 is 17.1 Å². The highest BCUT2D eigenvalue weighted by Gasteiger charge is 2.55. The van der Waals surface area contributed by atoms with Crippen molar-refractivity contribution in [3.63, 3.8) is 0 Å². The van der Waals surface area contributed by atoms with E-state index in [1.165, 1.54) is 5.57 Å². The number of nitrogens with two attached hydrogens (primary N) is 1. The Morgan fingerprint density at radius 2 is 1.91 bits per heavy atom. The van der Waals surface area contributed by atoms with Crippen LogP contribution in [0.25, 0.3) is 5.57 Å². The number of fused-ring (bicyclic) bond motifs is 2. The molecule has 8 nitrogen and oxygen atoms in total. The number of benzene rings is 1. The number of hydrogen-bond donors (Lipinski definition) is 4. The number of aliphatic imine (C=N–C) groups is 1. The smallest absolute Gasteiger partial charge is 0.290 e. The minimum absolute atomic E-state index is 0.0617. The van der Waals surface area contributed by atoms with Gasteiger partial charge in [-0.1, -0.05) is 26.0 Å². The number of hydrogen-bond acceptors (Lipinski definition) is 6. The van der Waals surface area contributed by atoms with Crippen molar-refractivity contribution in [1.29, 1.82) is 5.26 Å². The first-order valence-corrected chi connectivity index (χ1v) is 12.4. The van der Waals surface area contributed by atoms with Crippen molar-refractivity contribution in [2.24, 2.45) is 16.1 Å². The highest BCUT2D eigenvalue weighted by molar-refractivity contribution is 6.41. The highest BCUT2D eigenvalue weighted by atomic mass is 16.6. The number of anilines is 1. The van der Waals surface area contributed by atoms with Crippen LogP contribution in [-0.4, -0.2) is 52.9 Å². The molecule has 35 heavy (non-hydrogen) atoms. The SMILES string of the molecule is CC1(C)CC=C(c2cc(C3C[C@]4(CO)CC[C@](CO)(C3)O4)ccc2NC(=O)C(N)=NCC#N)CC1. The number of amides is 1. The molecule has 1 unspecified atom stereocenters. The lowest BCUT2D eigenvalue weighted by Crippen LogP contribution is -2.47. The number of aliphatic hydroxyl groups excluding tert-OH is 2. The van der Waals surface area contributed by atoms with Gasteiger partial charge in [0.25, 0.3) is 5.91 Å². The van der Waals surface area contributed by atoms with Crippen LogP contribution in [0.4, 0.5) is 5.69 Å². The van der Waals surface area contributed by atoms with Crippen molar-refractivity contribution >= 4 is 23.0 Å². The van der Waals surface area contributed by atoms with Gasteiger partial charge in [-0.25, -0.2) is 4.99 Å². The number of nitrogens with one attached hydrogen (secondary N) is 1. The van der Waals surface area contributed by atoms with Crippen molar-refractivity contribution in [1.82, 2.24) is 0 Å². The molecule has 0 aromatic heterocycles. The summed E-state index contributed by atoms with van der Waals surface area (Å²) < 4.78 is 6.21. The van der Waals surface area contributed by atoms with Crippen LogP contribution in [0.5, 0.6) is 0 Å². The highest BCUT2D eigenvalue weighted by Crippen LogP contribution is 2.53. The molecule has 1 aliphatic carbocycles. The topological polar surface area (TPSA) is 141 Å². The molecular formula is C27H36N4O4. The maximum absolute atomic E-state index is 12.6. The van der Waals surface area contributed by atoms with E-state index in [-0.39, 0.29) is 36.9 Å². The lowest BCUT2D eigenvalue weighted by Gasteiger charge is -2.43. The maximum Gasteiger partial charge on any atom is 0.290 e. The molecule has 2 fully saturated rings. The van der Waals surface area contributed by atoms with Gasteiger partial charge < -0.3 is 26.0 Å². The molecule has 0 spiro atoms. The third-order valence-corrected chi connectivity index (χ3v) is 7.92. The third-order valence-electron chi connectivity index (χ3n) is 7.92. The van der Waals surface area contributed by atoms with Gasteiger partial charge in [-0.15, -0.1) is 0 Å². The van der Waals surface area contributed by atoms with Crippen molar-refractivity contribution in [3.8, 4) is 6.07 Å². The molecule has 0 radical (unpaired) electrons. The van der Waals surface area contributed by atoms with E-state index in [0.29, 0.717) is 18.5 Å². The first-order chi connectivity index (χ1) is 16.6. The monoisotopic (exact) mass is 480 g/mol. The number of nitriles is 1. The van der Waals surface area contributed by atoms with E-state index in [2.05, 4.69) is 36.3 Å². The average molecular weight is 481 g/mol. The van der Waals surface area contributed by atoms with E-state index >= 15 is 0 Å². The summed E-state index contributed by atoms with van der Waals surface area (Å²) in [5.41, 5.74) is 8.68. The Bertz CT molecular complexity index is 1070. The molecule has 3 aliphatic rings. The predicted molar refractivity (Wildman–Crippen MR) is 135 cm³/mol.